The number of hydrogen-bond donors (Lipinski definition) is 2. The molecule has 2 aromatic carbocycles. The fourth-order valence-electron chi connectivity index (χ4n) is 3.82. The number of ether oxygens (including phenoxy) is 1. The van der Waals surface area contributed by atoms with Gasteiger partial charge in [0.2, 0.25) is 21.8 Å². The van der Waals surface area contributed by atoms with Crippen LogP contribution in [0.5, 0.6) is 5.75 Å². The molecule has 0 bridgehead atoms. The van der Waals surface area contributed by atoms with Crippen molar-refractivity contribution < 1.29 is 22.7 Å². The number of anilines is 1. The molecule has 0 aromatic heterocycles. The van der Waals surface area contributed by atoms with E-state index in [0.29, 0.717) is 28.4 Å². The van der Waals surface area contributed by atoms with E-state index in [2.05, 4.69) is 15.5 Å². The number of methoxy groups -OCH3 is 1. The first-order chi connectivity index (χ1) is 17.8. The van der Waals surface area contributed by atoms with Crippen molar-refractivity contribution in [3.63, 3.8) is 0 Å². The van der Waals surface area contributed by atoms with Crippen molar-refractivity contribution in [2.24, 2.45) is 0 Å². The Morgan fingerprint density at radius 2 is 1.66 bits per heavy atom. The summed E-state index contributed by atoms with van der Waals surface area (Å²) in [4.78, 5) is 28.7. The van der Waals surface area contributed by atoms with Gasteiger partial charge in [-0.2, -0.15) is 4.31 Å². The van der Waals surface area contributed by atoms with Crippen LogP contribution < -0.4 is 15.4 Å². The summed E-state index contributed by atoms with van der Waals surface area (Å²) in [6, 6.07) is 8.81. The number of nitrogens with zero attached hydrogens (tertiary/aromatic N) is 3. The number of carbonyl (C=O) groups is 2. The fraction of sp³-hybridized carbons (Fsp3) is 0.462. The molecule has 0 aliphatic rings. The Morgan fingerprint density at radius 3 is 2.21 bits per heavy atom. The van der Waals surface area contributed by atoms with Gasteiger partial charge < -0.3 is 25.2 Å². The lowest BCUT2D eigenvalue weighted by Gasteiger charge is -2.21. The van der Waals surface area contributed by atoms with E-state index in [9.17, 15) is 18.0 Å². The quantitative estimate of drug-likeness (QED) is 0.382. The van der Waals surface area contributed by atoms with Crippen LogP contribution in [0.1, 0.15) is 16.7 Å². The topological polar surface area (TPSA) is 111 Å². The van der Waals surface area contributed by atoms with E-state index in [0.717, 1.165) is 28.6 Å². The number of likely N-dealkylation sites (N-methyl/N-ethyl adjacent to an activating group) is 3. The zero-order chi connectivity index (χ0) is 28.6. The first kappa shape index (κ1) is 31.4. The smallest absolute Gasteiger partial charge is 0.243 e. The van der Waals surface area contributed by atoms with Crippen LogP contribution in [0.2, 0.25) is 5.02 Å². The summed E-state index contributed by atoms with van der Waals surface area (Å²) < 4.78 is 32.4. The van der Waals surface area contributed by atoms with Gasteiger partial charge in [-0.15, -0.1) is 0 Å². The molecule has 0 heterocycles. The number of nitrogens with one attached hydrogen (secondary N) is 2. The second kappa shape index (κ2) is 13.8. The average molecular weight is 568 g/mol. The highest BCUT2D eigenvalue weighted by molar-refractivity contribution is 7.89. The van der Waals surface area contributed by atoms with E-state index in [-0.39, 0.29) is 17.3 Å². The number of amides is 2. The predicted molar refractivity (Wildman–Crippen MR) is 150 cm³/mol. The minimum atomic E-state index is -3.93. The minimum Gasteiger partial charge on any atom is -0.497 e. The van der Waals surface area contributed by atoms with E-state index in [1.165, 1.54) is 19.1 Å². The summed E-state index contributed by atoms with van der Waals surface area (Å²) in [6.45, 7) is 4.57. The first-order valence-electron chi connectivity index (χ1n) is 12.1. The Balaban J connectivity index is 1.91. The molecule has 0 unspecified atom stereocenters. The van der Waals surface area contributed by atoms with Crippen molar-refractivity contribution in [1.82, 2.24) is 19.4 Å². The Labute approximate surface area is 230 Å². The molecule has 0 aliphatic carbocycles. The Kier molecular flexibility index (Phi) is 11.4. The Hall–Kier alpha value is -2.86. The molecule has 10 nitrogen and oxygen atoms in total. The van der Waals surface area contributed by atoms with Crippen LogP contribution >= 0.6 is 11.6 Å². The molecule has 0 fully saturated rings. The molecule has 0 radical (unpaired) electrons. The van der Waals surface area contributed by atoms with Crippen LogP contribution in [0.25, 0.3) is 0 Å². The average Bonchev–Trinajstić information content (AvgIpc) is 2.82. The third-order valence-corrected chi connectivity index (χ3v) is 8.32. The van der Waals surface area contributed by atoms with Crippen LogP contribution in [0, 0.1) is 13.8 Å². The summed E-state index contributed by atoms with van der Waals surface area (Å²) in [5, 5.41) is 6.34. The van der Waals surface area contributed by atoms with E-state index < -0.39 is 22.5 Å². The van der Waals surface area contributed by atoms with Gasteiger partial charge in [0.05, 0.1) is 35.8 Å². The number of hydrogen-bond acceptors (Lipinski definition) is 7. The highest BCUT2D eigenvalue weighted by atomic mass is 35.5. The summed E-state index contributed by atoms with van der Waals surface area (Å²) >= 11 is 6.38. The minimum absolute atomic E-state index is 0.127. The number of aryl methyl sites for hydroxylation is 2. The molecule has 0 atom stereocenters. The molecule has 0 aliphatic heterocycles. The van der Waals surface area contributed by atoms with E-state index in [1.54, 1.807) is 39.1 Å². The van der Waals surface area contributed by atoms with Gasteiger partial charge in [0, 0.05) is 33.7 Å². The van der Waals surface area contributed by atoms with Gasteiger partial charge in [-0.05, 0) is 68.9 Å². The normalized spacial score (nSPS) is 11.5. The van der Waals surface area contributed by atoms with Crippen molar-refractivity contribution in [1.29, 1.82) is 0 Å². The van der Waals surface area contributed by atoms with Crippen LogP contribution in [0.3, 0.4) is 0 Å². The first-order valence-corrected chi connectivity index (χ1v) is 13.9. The molecule has 0 saturated carbocycles. The zero-order valence-corrected chi connectivity index (χ0v) is 24.7. The molecule has 2 amide bonds. The fourth-order valence-corrected chi connectivity index (χ4v) is 5.62. The standard InChI is InChI=1S/C26H38ClN5O5S/c1-18-12-21(37-7)13-19(2)26(18)38(35,36)32(6)17-24(33)29-15-25(34)31(5)16-20-8-9-23(22(27)14-20)28-10-11-30(3)4/h8-9,12-14,28H,10-11,15-17H2,1-7H3,(H,29,33). The maximum atomic E-state index is 13.1. The lowest BCUT2D eigenvalue weighted by atomic mass is 10.1. The molecule has 2 rings (SSSR count). The summed E-state index contributed by atoms with van der Waals surface area (Å²) in [5.74, 6) is -0.357. The molecule has 2 N–H and O–H groups in total. The van der Waals surface area contributed by atoms with Crippen LogP contribution in [-0.2, 0) is 26.2 Å². The second-order valence-electron chi connectivity index (χ2n) is 9.42. The molecule has 12 heteroatoms. The predicted octanol–water partition coefficient (Wildman–Crippen LogP) is 2.33. The number of benzene rings is 2. The number of carbonyl (C=O) groups excluding carboxylic acids is 2. The SMILES string of the molecule is COc1cc(C)c(S(=O)(=O)N(C)CC(=O)NCC(=O)N(C)Cc2ccc(NCCN(C)C)c(Cl)c2)c(C)c1. The number of halogens is 1. The van der Waals surface area contributed by atoms with Crippen LogP contribution in [0.4, 0.5) is 5.69 Å². The van der Waals surface area contributed by atoms with Crippen LogP contribution in [-0.4, -0.2) is 95.8 Å². The van der Waals surface area contributed by atoms with Gasteiger partial charge in [0.1, 0.15) is 5.75 Å². The van der Waals surface area contributed by atoms with Crippen molar-refractivity contribution >= 4 is 39.1 Å². The molecule has 2 aromatic rings. The molecule has 0 spiro atoms. The largest absolute Gasteiger partial charge is 0.497 e. The maximum Gasteiger partial charge on any atom is 0.243 e. The number of rotatable bonds is 13. The lowest BCUT2D eigenvalue weighted by Crippen LogP contribution is -2.43. The molecule has 210 valence electrons. The number of sulfonamides is 1. The maximum absolute atomic E-state index is 13.1. The van der Waals surface area contributed by atoms with Gasteiger partial charge in [-0.1, -0.05) is 17.7 Å². The van der Waals surface area contributed by atoms with Gasteiger partial charge in [0.15, 0.2) is 0 Å². The Bertz CT molecular complexity index is 1230. The molecule has 0 saturated heterocycles. The van der Waals surface area contributed by atoms with Gasteiger partial charge in [-0.3, -0.25) is 9.59 Å². The van der Waals surface area contributed by atoms with Gasteiger partial charge in [-0.25, -0.2) is 8.42 Å². The van der Waals surface area contributed by atoms with Gasteiger partial charge in [0.25, 0.3) is 0 Å². The molecular formula is C26H38ClN5O5S. The van der Waals surface area contributed by atoms with E-state index in [4.69, 9.17) is 16.3 Å². The zero-order valence-electron chi connectivity index (χ0n) is 23.1. The third-order valence-electron chi connectivity index (χ3n) is 5.89. The highest BCUT2D eigenvalue weighted by Crippen LogP contribution is 2.27. The van der Waals surface area contributed by atoms with Crippen molar-refractivity contribution in [2.75, 3.05) is 66.8 Å². The third kappa shape index (κ3) is 8.59. The summed E-state index contributed by atoms with van der Waals surface area (Å²) in [6.07, 6.45) is 0. The van der Waals surface area contributed by atoms with Crippen molar-refractivity contribution in [3.8, 4) is 5.75 Å². The lowest BCUT2D eigenvalue weighted by molar-refractivity contribution is -0.132. The van der Waals surface area contributed by atoms with Crippen molar-refractivity contribution in [3.05, 3.63) is 52.0 Å². The van der Waals surface area contributed by atoms with E-state index >= 15 is 0 Å². The summed E-state index contributed by atoms with van der Waals surface area (Å²) in [5.41, 5.74) is 2.69. The second-order valence-corrected chi connectivity index (χ2v) is 11.8. The summed E-state index contributed by atoms with van der Waals surface area (Å²) in [7, 11) is 4.51. The van der Waals surface area contributed by atoms with Crippen molar-refractivity contribution in [2.45, 2.75) is 25.3 Å². The van der Waals surface area contributed by atoms with Crippen LogP contribution in [0.15, 0.2) is 35.2 Å². The molecule has 38 heavy (non-hydrogen) atoms. The van der Waals surface area contributed by atoms with E-state index in [1.807, 2.05) is 26.2 Å². The highest BCUT2D eigenvalue weighted by Gasteiger charge is 2.27. The monoisotopic (exact) mass is 567 g/mol. The molecular weight excluding hydrogens is 530 g/mol. The Morgan fingerprint density at radius 1 is 1.03 bits per heavy atom. The van der Waals surface area contributed by atoms with Gasteiger partial charge >= 0.3 is 0 Å².